The minimum Gasteiger partial charge on any atom is -0.391 e. The van der Waals surface area contributed by atoms with Crippen LogP contribution in [0.3, 0.4) is 0 Å². The molecule has 0 spiro atoms. The van der Waals surface area contributed by atoms with Crippen molar-refractivity contribution in [2.24, 2.45) is 0 Å². The van der Waals surface area contributed by atoms with E-state index in [0.29, 0.717) is 0 Å². The maximum absolute atomic E-state index is 10.2. The number of fused-ring (bicyclic) bond motifs is 1. The molecule has 2 atom stereocenters. The van der Waals surface area contributed by atoms with Crippen LogP contribution in [0.4, 0.5) is 5.82 Å². The van der Waals surface area contributed by atoms with E-state index in [1.54, 1.807) is 11.3 Å². The van der Waals surface area contributed by atoms with E-state index in [-0.39, 0.29) is 18.8 Å². The van der Waals surface area contributed by atoms with Crippen LogP contribution < -0.4 is 4.90 Å². The summed E-state index contributed by atoms with van der Waals surface area (Å²) in [6.45, 7) is -0.0413. The first-order chi connectivity index (χ1) is 9.22. The Balaban J connectivity index is 1.95. The fourth-order valence-electron chi connectivity index (χ4n) is 2.95. The van der Waals surface area contributed by atoms with Crippen LogP contribution in [-0.4, -0.2) is 38.8 Å². The first-order valence-electron chi connectivity index (χ1n) is 6.68. The molecule has 1 aliphatic carbocycles. The van der Waals surface area contributed by atoms with Gasteiger partial charge < -0.3 is 15.1 Å². The van der Waals surface area contributed by atoms with Gasteiger partial charge in [-0.15, -0.1) is 11.3 Å². The SMILES string of the molecule is CN(c1nc2sccn2c1CO)C1CCCCC1O. The summed E-state index contributed by atoms with van der Waals surface area (Å²) in [5.41, 5.74) is 0.802. The van der Waals surface area contributed by atoms with E-state index >= 15 is 0 Å². The lowest BCUT2D eigenvalue weighted by atomic mass is 9.91. The number of hydrogen-bond donors (Lipinski definition) is 2. The number of nitrogens with zero attached hydrogens (tertiary/aromatic N) is 3. The maximum Gasteiger partial charge on any atom is 0.195 e. The minimum absolute atomic E-state index is 0.0413. The highest BCUT2D eigenvalue weighted by Gasteiger charge is 2.29. The predicted octanol–water partition coefficient (Wildman–Crippen LogP) is 1.63. The molecule has 2 unspecified atom stereocenters. The Morgan fingerprint density at radius 1 is 1.47 bits per heavy atom. The van der Waals surface area contributed by atoms with E-state index in [1.807, 2.05) is 27.9 Å². The third kappa shape index (κ3) is 2.13. The molecule has 0 amide bonds. The van der Waals surface area contributed by atoms with Crippen molar-refractivity contribution in [2.75, 3.05) is 11.9 Å². The Morgan fingerprint density at radius 3 is 3.00 bits per heavy atom. The summed E-state index contributed by atoms with van der Waals surface area (Å²) in [5.74, 6) is 0.792. The number of rotatable bonds is 3. The van der Waals surface area contributed by atoms with Crippen molar-refractivity contribution >= 4 is 22.1 Å². The fraction of sp³-hybridized carbons (Fsp3) is 0.615. The zero-order valence-electron chi connectivity index (χ0n) is 11.0. The molecule has 3 rings (SSSR count). The van der Waals surface area contributed by atoms with E-state index in [0.717, 1.165) is 42.2 Å². The molecule has 6 heteroatoms. The smallest absolute Gasteiger partial charge is 0.195 e. The number of aromatic nitrogens is 2. The van der Waals surface area contributed by atoms with Crippen molar-refractivity contribution in [3.63, 3.8) is 0 Å². The van der Waals surface area contributed by atoms with Crippen LogP contribution in [0.1, 0.15) is 31.4 Å². The molecule has 2 aromatic rings. The number of anilines is 1. The van der Waals surface area contributed by atoms with Gasteiger partial charge in [-0.1, -0.05) is 12.8 Å². The summed E-state index contributed by atoms with van der Waals surface area (Å²) >= 11 is 1.55. The van der Waals surface area contributed by atoms with Gasteiger partial charge in [-0.25, -0.2) is 4.98 Å². The maximum atomic E-state index is 10.2. The van der Waals surface area contributed by atoms with Gasteiger partial charge in [-0.05, 0) is 12.8 Å². The van der Waals surface area contributed by atoms with Crippen LogP contribution >= 0.6 is 11.3 Å². The summed E-state index contributed by atoms with van der Waals surface area (Å²) in [6.07, 6.45) is 5.69. The Hall–Kier alpha value is -1.11. The zero-order valence-corrected chi connectivity index (χ0v) is 11.8. The van der Waals surface area contributed by atoms with Gasteiger partial charge in [0.15, 0.2) is 10.8 Å². The Bertz CT molecular complexity index is 565. The number of aliphatic hydroxyl groups excluding tert-OH is 2. The van der Waals surface area contributed by atoms with Crippen molar-refractivity contribution in [3.05, 3.63) is 17.3 Å². The van der Waals surface area contributed by atoms with Crippen molar-refractivity contribution < 1.29 is 10.2 Å². The molecule has 1 saturated carbocycles. The average Bonchev–Trinajstić information content (AvgIpc) is 2.98. The second kappa shape index (κ2) is 5.11. The molecular weight excluding hydrogens is 262 g/mol. The molecule has 0 bridgehead atoms. The van der Waals surface area contributed by atoms with Crippen molar-refractivity contribution in [1.29, 1.82) is 0 Å². The van der Waals surface area contributed by atoms with E-state index < -0.39 is 0 Å². The highest BCUT2D eigenvalue weighted by Crippen LogP contribution is 2.30. The third-order valence-corrected chi connectivity index (χ3v) is 4.77. The van der Waals surface area contributed by atoms with Crippen molar-refractivity contribution in [2.45, 2.75) is 44.4 Å². The molecule has 2 heterocycles. The molecule has 2 aromatic heterocycles. The zero-order chi connectivity index (χ0) is 13.4. The summed E-state index contributed by atoms with van der Waals surface area (Å²) in [4.78, 5) is 7.51. The highest BCUT2D eigenvalue weighted by atomic mass is 32.1. The number of likely N-dealkylation sites (N-methyl/N-ethyl adjacent to an activating group) is 1. The van der Waals surface area contributed by atoms with Crippen molar-refractivity contribution in [1.82, 2.24) is 9.38 Å². The first kappa shape index (κ1) is 12.9. The Labute approximate surface area is 116 Å². The molecule has 19 heavy (non-hydrogen) atoms. The fourth-order valence-corrected chi connectivity index (χ4v) is 3.68. The van der Waals surface area contributed by atoms with Crippen LogP contribution in [-0.2, 0) is 6.61 Å². The summed E-state index contributed by atoms with van der Waals surface area (Å²) < 4.78 is 1.92. The van der Waals surface area contributed by atoms with Gasteiger partial charge in [0.05, 0.1) is 24.4 Å². The van der Waals surface area contributed by atoms with Crippen LogP contribution in [0.2, 0.25) is 0 Å². The molecule has 1 aliphatic rings. The normalized spacial score (nSPS) is 23.9. The van der Waals surface area contributed by atoms with Gasteiger partial charge >= 0.3 is 0 Å². The summed E-state index contributed by atoms with van der Waals surface area (Å²) in [7, 11) is 1.96. The van der Waals surface area contributed by atoms with Crippen LogP contribution in [0.25, 0.3) is 4.96 Å². The number of hydrogen-bond acceptors (Lipinski definition) is 5. The lowest BCUT2D eigenvalue weighted by Crippen LogP contribution is -2.44. The monoisotopic (exact) mass is 281 g/mol. The first-order valence-corrected chi connectivity index (χ1v) is 7.56. The van der Waals surface area contributed by atoms with Crippen LogP contribution in [0, 0.1) is 0 Å². The van der Waals surface area contributed by atoms with Crippen LogP contribution in [0.5, 0.6) is 0 Å². The molecule has 0 aromatic carbocycles. The number of thiazole rings is 1. The second-order valence-electron chi connectivity index (χ2n) is 5.13. The number of imidazole rings is 1. The molecule has 0 radical (unpaired) electrons. The minimum atomic E-state index is -0.301. The third-order valence-electron chi connectivity index (χ3n) is 4.02. The number of aliphatic hydroxyl groups is 2. The van der Waals surface area contributed by atoms with Gasteiger partial charge in [0.1, 0.15) is 0 Å². The summed E-state index contributed by atoms with van der Waals surface area (Å²) in [6, 6.07) is 0.101. The quantitative estimate of drug-likeness (QED) is 0.897. The lowest BCUT2D eigenvalue weighted by Gasteiger charge is -2.35. The average molecular weight is 281 g/mol. The molecule has 2 N–H and O–H groups in total. The molecule has 0 aliphatic heterocycles. The largest absolute Gasteiger partial charge is 0.391 e. The van der Waals surface area contributed by atoms with E-state index in [4.69, 9.17) is 0 Å². The predicted molar refractivity (Wildman–Crippen MR) is 75.7 cm³/mol. The topological polar surface area (TPSA) is 61.0 Å². The van der Waals surface area contributed by atoms with Gasteiger partial charge in [0.2, 0.25) is 0 Å². The van der Waals surface area contributed by atoms with Crippen LogP contribution in [0.15, 0.2) is 11.6 Å². The van der Waals surface area contributed by atoms with Gasteiger partial charge in [-0.2, -0.15) is 0 Å². The molecule has 5 nitrogen and oxygen atoms in total. The molecule has 104 valence electrons. The van der Waals surface area contributed by atoms with Gasteiger partial charge in [-0.3, -0.25) is 4.40 Å². The van der Waals surface area contributed by atoms with E-state index in [1.165, 1.54) is 0 Å². The summed E-state index contributed by atoms with van der Waals surface area (Å²) in [5, 5.41) is 21.7. The molecular formula is C13H19N3O2S. The molecule has 1 fully saturated rings. The lowest BCUT2D eigenvalue weighted by molar-refractivity contribution is 0.106. The highest BCUT2D eigenvalue weighted by molar-refractivity contribution is 7.15. The van der Waals surface area contributed by atoms with Gasteiger partial charge in [0, 0.05) is 18.6 Å². The molecule has 0 saturated heterocycles. The van der Waals surface area contributed by atoms with E-state index in [9.17, 15) is 10.2 Å². The van der Waals surface area contributed by atoms with Crippen molar-refractivity contribution in [3.8, 4) is 0 Å². The Morgan fingerprint density at radius 2 is 2.26 bits per heavy atom. The second-order valence-corrected chi connectivity index (χ2v) is 6.00. The standard InChI is InChI=1S/C13H19N3O2S/c1-15(9-4-2-3-5-11(9)18)12-10(8-17)16-6-7-19-13(16)14-12/h6-7,9,11,17-18H,2-5,8H2,1H3. The Kier molecular flexibility index (Phi) is 3.47. The van der Waals surface area contributed by atoms with E-state index in [2.05, 4.69) is 4.98 Å². The van der Waals surface area contributed by atoms with Gasteiger partial charge in [0.25, 0.3) is 0 Å².